The van der Waals surface area contributed by atoms with Gasteiger partial charge in [-0.05, 0) is 19.3 Å². The molecule has 3 fully saturated rings. The van der Waals surface area contributed by atoms with Crippen LogP contribution in [0.2, 0.25) is 0 Å². The van der Waals surface area contributed by atoms with Crippen molar-refractivity contribution in [2.75, 3.05) is 26.2 Å². The van der Waals surface area contributed by atoms with Gasteiger partial charge in [0.05, 0.1) is 23.0 Å². The number of hydrogen-bond acceptors (Lipinski definition) is 4. The fourth-order valence-corrected chi connectivity index (χ4v) is 4.58. The second kappa shape index (κ2) is 6.35. The molecular weight excluding hydrogens is 320 g/mol. The number of nitrogens with one attached hydrogen (secondary N) is 1. The van der Waals surface area contributed by atoms with Crippen LogP contribution < -0.4 is 0 Å². The lowest BCUT2D eigenvalue weighted by Gasteiger charge is -2.44. The molecule has 2 aliphatic heterocycles. The van der Waals surface area contributed by atoms with Crippen LogP contribution in [-0.4, -0.2) is 63.8 Å². The number of amides is 2. The summed E-state index contributed by atoms with van der Waals surface area (Å²) >= 11 is 0. The largest absolute Gasteiger partial charge is 0.447 e. The summed E-state index contributed by atoms with van der Waals surface area (Å²) in [4.78, 5) is 28.8. The summed E-state index contributed by atoms with van der Waals surface area (Å²) in [6.45, 7) is 4.03. The first-order valence-corrected chi connectivity index (χ1v) is 9.41. The van der Waals surface area contributed by atoms with Crippen molar-refractivity contribution >= 4 is 12.0 Å². The smallest absolute Gasteiger partial charge is 0.410 e. The first-order chi connectivity index (χ1) is 12.1. The molecule has 0 spiro atoms. The van der Waals surface area contributed by atoms with E-state index in [1.54, 1.807) is 11.1 Å². The highest BCUT2D eigenvalue weighted by molar-refractivity contribution is 5.95. The molecule has 1 saturated carbocycles. The second-order valence-electron chi connectivity index (χ2n) is 7.54. The van der Waals surface area contributed by atoms with Gasteiger partial charge in [-0.15, -0.1) is 0 Å². The van der Waals surface area contributed by atoms with Crippen molar-refractivity contribution in [3.8, 4) is 0 Å². The molecule has 1 aromatic rings. The van der Waals surface area contributed by atoms with Crippen LogP contribution in [0.15, 0.2) is 6.20 Å². The molecule has 25 heavy (non-hydrogen) atoms. The number of piperazine rings is 1. The van der Waals surface area contributed by atoms with E-state index in [0.29, 0.717) is 37.7 Å². The van der Waals surface area contributed by atoms with E-state index < -0.39 is 0 Å². The predicted molar refractivity (Wildman–Crippen MR) is 91.4 cm³/mol. The van der Waals surface area contributed by atoms with Crippen LogP contribution in [0, 0.1) is 0 Å². The maximum Gasteiger partial charge on any atom is 0.410 e. The molecule has 0 radical (unpaired) electrons. The number of carbonyl (C=O) groups is 2. The lowest BCUT2D eigenvalue weighted by molar-refractivity contribution is 0.0360. The Morgan fingerprint density at radius 3 is 2.92 bits per heavy atom. The molecule has 7 nitrogen and oxygen atoms in total. The highest BCUT2D eigenvalue weighted by atomic mass is 16.6. The van der Waals surface area contributed by atoms with E-state index in [1.165, 1.54) is 19.3 Å². The van der Waals surface area contributed by atoms with E-state index in [1.807, 2.05) is 11.8 Å². The van der Waals surface area contributed by atoms with Gasteiger partial charge in [-0.2, -0.15) is 5.10 Å². The summed E-state index contributed by atoms with van der Waals surface area (Å²) in [5.74, 6) is 0.439. The lowest BCUT2D eigenvalue weighted by Crippen LogP contribution is -2.62. The maximum absolute atomic E-state index is 13.2. The number of cyclic esters (lactones) is 1. The van der Waals surface area contributed by atoms with E-state index in [0.717, 1.165) is 25.0 Å². The third-order valence-electron chi connectivity index (χ3n) is 6.19. The highest BCUT2D eigenvalue weighted by Gasteiger charge is 2.50. The Morgan fingerprint density at radius 2 is 2.16 bits per heavy atom. The van der Waals surface area contributed by atoms with Crippen molar-refractivity contribution in [3.05, 3.63) is 17.5 Å². The van der Waals surface area contributed by atoms with Gasteiger partial charge in [-0.3, -0.25) is 14.8 Å². The van der Waals surface area contributed by atoms with Gasteiger partial charge in [0, 0.05) is 25.6 Å². The Bertz CT molecular complexity index is 667. The van der Waals surface area contributed by atoms with Gasteiger partial charge in [0.1, 0.15) is 6.61 Å². The van der Waals surface area contributed by atoms with Gasteiger partial charge in [-0.25, -0.2) is 4.79 Å². The zero-order chi connectivity index (χ0) is 17.4. The number of hydrogen-bond donors (Lipinski definition) is 1. The SMILES string of the molecule is CCC12COC(=O)N1CCN(C(=O)c1cn[nH]c1C1CCCCC1)C2. The first kappa shape index (κ1) is 16.4. The fourth-order valence-electron chi connectivity index (χ4n) is 4.58. The molecule has 1 unspecified atom stereocenters. The Hall–Kier alpha value is -2.05. The zero-order valence-corrected chi connectivity index (χ0v) is 14.8. The van der Waals surface area contributed by atoms with Crippen molar-refractivity contribution in [2.24, 2.45) is 0 Å². The molecule has 0 aromatic carbocycles. The second-order valence-corrected chi connectivity index (χ2v) is 7.54. The van der Waals surface area contributed by atoms with Crippen LogP contribution in [0.4, 0.5) is 4.79 Å². The number of H-pyrrole nitrogens is 1. The third kappa shape index (κ3) is 2.69. The zero-order valence-electron chi connectivity index (χ0n) is 14.8. The van der Waals surface area contributed by atoms with Crippen LogP contribution in [0.3, 0.4) is 0 Å². The van der Waals surface area contributed by atoms with Gasteiger partial charge in [0.25, 0.3) is 5.91 Å². The molecule has 0 bridgehead atoms. The number of aromatic nitrogens is 2. The summed E-state index contributed by atoms with van der Waals surface area (Å²) < 4.78 is 5.26. The molecule has 3 heterocycles. The minimum Gasteiger partial charge on any atom is -0.447 e. The van der Waals surface area contributed by atoms with Crippen molar-refractivity contribution in [3.63, 3.8) is 0 Å². The molecule has 7 heteroatoms. The Morgan fingerprint density at radius 1 is 1.36 bits per heavy atom. The summed E-state index contributed by atoms with van der Waals surface area (Å²) in [6, 6.07) is 0. The van der Waals surface area contributed by atoms with Gasteiger partial charge in [0.15, 0.2) is 0 Å². The third-order valence-corrected chi connectivity index (χ3v) is 6.19. The molecular formula is C18H26N4O3. The number of nitrogens with zero attached hydrogens (tertiary/aromatic N) is 3. The molecule has 1 atom stereocenters. The monoisotopic (exact) mass is 346 g/mol. The average Bonchev–Trinajstić information content (AvgIpc) is 3.27. The Labute approximate surface area is 147 Å². The fraction of sp³-hybridized carbons (Fsp3) is 0.722. The van der Waals surface area contributed by atoms with Crippen molar-refractivity contribution in [2.45, 2.75) is 56.9 Å². The quantitative estimate of drug-likeness (QED) is 0.912. The molecule has 2 saturated heterocycles. The van der Waals surface area contributed by atoms with Crippen molar-refractivity contribution < 1.29 is 14.3 Å². The topological polar surface area (TPSA) is 78.5 Å². The van der Waals surface area contributed by atoms with Gasteiger partial charge in [0.2, 0.25) is 0 Å². The Kier molecular flexibility index (Phi) is 4.17. The molecule has 1 N–H and O–H groups in total. The van der Waals surface area contributed by atoms with Crippen LogP contribution >= 0.6 is 0 Å². The lowest BCUT2D eigenvalue weighted by atomic mass is 9.85. The maximum atomic E-state index is 13.2. The predicted octanol–water partition coefficient (Wildman–Crippen LogP) is 2.51. The van der Waals surface area contributed by atoms with E-state index in [2.05, 4.69) is 10.2 Å². The van der Waals surface area contributed by atoms with Crippen molar-refractivity contribution in [1.82, 2.24) is 20.0 Å². The van der Waals surface area contributed by atoms with Crippen LogP contribution in [0.25, 0.3) is 0 Å². The van der Waals surface area contributed by atoms with Crippen LogP contribution in [-0.2, 0) is 4.74 Å². The minimum absolute atomic E-state index is 0.0288. The van der Waals surface area contributed by atoms with Crippen LogP contribution in [0.1, 0.15) is 67.4 Å². The highest BCUT2D eigenvalue weighted by Crippen LogP contribution is 2.35. The normalized spacial score (nSPS) is 27.3. The van der Waals surface area contributed by atoms with E-state index in [9.17, 15) is 9.59 Å². The summed E-state index contributed by atoms with van der Waals surface area (Å²) in [5.41, 5.74) is 1.33. The van der Waals surface area contributed by atoms with E-state index >= 15 is 0 Å². The van der Waals surface area contributed by atoms with Gasteiger partial charge >= 0.3 is 6.09 Å². The Balaban J connectivity index is 1.54. The summed E-state index contributed by atoms with van der Waals surface area (Å²) in [6.07, 6.45) is 8.16. The number of fused-ring (bicyclic) bond motifs is 1. The summed E-state index contributed by atoms with van der Waals surface area (Å²) in [5, 5.41) is 7.25. The van der Waals surface area contributed by atoms with Crippen molar-refractivity contribution in [1.29, 1.82) is 0 Å². The number of ether oxygens (including phenoxy) is 1. The molecule has 136 valence electrons. The standard InChI is InChI=1S/C18H26N4O3/c1-2-18-11-21(8-9-22(18)17(24)25-12-18)16(23)14-10-19-20-15(14)13-6-4-3-5-7-13/h10,13H,2-9,11-12H2,1H3,(H,19,20). The number of carbonyl (C=O) groups excluding carboxylic acids is 2. The molecule has 1 aliphatic carbocycles. The van der Waals surface area contributed by atoms with Crippen LogP contribution in [0.5, 0.6) is 0 Å². The van der Waals surface area contributed by atoms with E-state index in [-0.39, 0.29) is 17.5 Å². The molecule has 3 aliphatic rings. The molecule has 2 amide bonds. The molecule has 1 aromatic heterocycles. The molecule has 4 rings (SSSR count). The summed E-state index contributed by atoms with van der Waals surface area (Å²) in [7, 11) is 0. The van der Waals surface area contributed by atoms with Gasteiger partial charge in [-0.1, -0.05) is 26.2 Å². The number of rotatable bonds is 3. The number of aromatic amines is 1. The average molecular weight is 346 g/mol. The van der Waals surface area contributed by atoms with E-state index in [4.69, 9.17) is 4.74 Å². The first-order valence-electron chi connectivity index (χ1n) is 9.41. The van der Waals surface area contributed by atoms with Gasteiger partial charge < -0.3 is 9.64 Å². The minimum atomic E-state index is -0.375.